The molecule has 0 unspecified atom stereocenters. The van der Waals surface area contributed by atoms with Crippen LogP contribution in [-0.2, 0) is 19.1 Å². The second-order valence-electron chi connectivity index (χ2n) is 2.01. The normalized spacial score (nSPS) is 12.3. The highest BCUT2D eigenvalue weighted by molar-refractivity contribution is 6.42. The lowest BCUT2D eigenvalue weighted by Gasteiger charge is -1.95. The van der Waals surface area contributed by atoms with Crippen molar-refractivity contribution in [3.8, 4) is 0 Å². The second kappa shape index (κ2) is 6.45. The van der Waals surface area contributed by atoms with Gasteiger partial charge in [0.1, 0.15) is 10.1 Å². The highest BCUT2D eigenvalue weighted by Crippen LogP contribution is 2.08. The molecule has 0 saturated heterocycles. The molecule has 0 saturated carbocycles. The average Bonchev–Trinajstić information content (AvgIpc) is 2.22. The Hall–Kier alpha value is -1.00. The van der Waals surface area contributed by atoms with E-state index in [1.165, 1.54) is 14.2 Å². The van der Waals surface area contributed by atoms with Crippen LogP contribution in [0.4, 0.5) is 0 Å². The molecule has 0 atom stereocenters. The first-order chi connectivity index (χ1) is 6.52. The molecule has 0 rings (SSSR count). The number of esters is 2. The maximum atomic E-state index is 10.8. The molecule has 0 heterocycles. The second-order valence-corrected chi connectivity index (χ2v) is 2.83. The third-order valence-corrected chi connectivity index (χ3v) is 1.70. The molecule has 4 nitrogen and oxygen atoms in total. The van der Waals surface area contributed by atoms with Crippen LogP contribution in [0.5, 0.6) is 0 Å². The van der Waals surface area contributed by atoms with Crippen LogP contribution in [-0.4, -0.2) is 26.2 Å². The topological polar surface area (TPSA) is 52.6 Å². The third-order valence-electron chi connectivity index (χ3n) is 1.14. The van der Waals surface area contributed by atoms with Crippen molar-refractivity contribution in [1.82, 2.24) is 0 Å². The van der Waals surface area contributed by atoms with Crippen LogP contribution in [0.15, 0.2) is 22.2 Å². The summed E-state index contributed by atoms with van der Waals surface area (Å²) in [4.78, 5) is 21.5. The number of carbonyl (C=O) groups is 2. The molecule has 0 aromatic carbocycles. The summed E-state index contributed by atoms with van der Waals surface area (Å²) in [6.07, 6.45) is 2.29. The van der Waals surface area contributed by atoms with E-state index in [-0.39, 0.29) is 10.1 Å². The van der Waals surface area contributed by atoms with Gasteiger partial charge in [0, 0.05) is 0 Å². The van der Waals surface area contributed by atoms with E-state index in [1.807, 2.05) is 0 Å². The predicted molar refractivity (Wildman–Crippen MR) is 51.9 cm³/mol. The molecule has 0 aliphatic carbocycles. The number of rotatable bonds is 3. The molecule has 6 heteroatoms. The highest BCUT2D eigenvalue weighted by atomic mass is 35.5. The van der Waals surface area contributed by atoms with Crippen LogP contribution in [0.25, 0.3) is 0 Å². The van der Waals surface area contributed by atoms with Crippen LogP contribution >= 0.6 is 23.2 Å². The van der Waals surface area contributed by atoms with Crippen LogP contribution in [0.1, 0.15) is 0 Å². The molecule has 14 heavy (non-hydrogen) atoms. The summed E-state index contributed by atoms with van der Waals surface area (Å²) in [7, 11) is 2.37. The zero-order valence-electron chi connectivity index (χ0n) is 7.54. The van der Waals surface area contributed by atoms with Crippen molar-refractivity contribution in [3.63, 3.8) is 0 Å². The van der Waals surface area contributed by atoms with E-state index in [2.05, 4.69) is 9.47 Å². The minimum Gasteiger partial charge on any atom is -0.465 e. The summed E-state index contributed by atoms with van der Waals surface area (Å²) >= 11 is 10.9. The Kier molecular flexibility index (Phi) is 5.99. The number of hydrogen-bond acceptors (Lipinski definition) is 4. The van der Waals surface area contributed by atoms with Crippen molar-refractivity contribution >= 4 is 35.1 Å². The van der Waals surface area contributed by atoms with Gasteiger partial charge in [-0.3, -0.25) is 0 Å². The molecule has 0 fully saturated rings. The van der Waals surface area contributed by atoms with Gasteiger partial charge in [0.2, 0.25) is 0 Å². The van der Waals surface area contributed by atoms with Gasteiger partial charge < -0.3 is 9.47 Å². The fourth-order valence-electron chi connectivity index (χ4n) is 0.477. The summed E-state index contributed by atoms with van der Waals surface area (Å²) in [6, 6.07) is 0. The Morgan fingerprint density at radius 2 is 1.21 bits per heavy atom. The molecule has 0 aromatic heterocycles. The van der Waals surface area contributed by atoms with E-state index < -0.39 is 11.9 Å². The lowest BCUT2D eigenvalue weighted by molar-refractivity contribution is -0.136. The van der Waals surface area contributed by atoms with Crippen LogP contribution in [0, 0.1) is 0 Å². The first-order valence-corrected chi connectivity index (χ1v) is 4.18. The van der Waals surface area contributed by atoms with Crippen molar-refractivity contribution in [1.29, 1.82) is 0 Å². The summed E-state index contributed by atoms with van der Waals surface area (Å²) in [5.74, 6) is -1.42. The van der Waals surface area contributed by atoms with Crippen LogP contribution < -0.4 is 0 Å². The summed E-state index contributed by atoms with van der Waals surface area (Å²) in [5.41, 5.74) is 0. The van der Waals surface area contributed by atoms with Gasteiger partial charge in [0.05, 0.1) is 14.2 Å². The molecular weight excluding hydrogens is 231 g/mol. The van der Waals surface area contributed by atoms with Crippen LogP contribution in [0.2, 0.25) is 0 Å². The number of allylic oxidation sites excluding steroid dienone is 2. The lowest BCUT2D eigenvalue weighted by Crippen LogP contribution is -2.01. The van der Waals surface area contributed by atoms with Crippen molar-refractivity contribution < 1.29 is 19.1 Å². The minimum absolute atomic E-state index is 0.186. The summed E-state index contributed by atoms with van der Waals surface area (Å²) < 4.78 is 8.61. The molecular formula is C8H8Cl2O4. The maximum Gasteiger partial charge on any atom is 0.349 e. The van der Waals surface area contributed by atoms with Crippen molar-refractivity contribution in [2.45, 2.75) is 0 Å². The van der Waals surface area contributed by atoms with E-state index in [4.69, 9.17) is 23.2 Å². The van der Waals surface area contributed by atoms with E-state index in [0.29, 0.717) is 0 Å². The number of ether oxygens (including phenoxy) is 2. The number of methoxy groups -OCH3 is 2. The van der Waals surface area contributed by atoms with Gasteiger partial charge in [-0.2, -0.15) is 0 Å². The van der Waals surface area contributed by atoms with E-state index >= 15 is 0 Å². The Bertz CT molecular complexity index is 264. The largest absolute Gasteiger partial charge is 0.465 e. The minimum atomic E-state index is -0.711. The number of hydrogen-bond donors (Lipinski definition) is 0. The quantitative estimate of drug-likeness (QED) is 0.426. The molecule has 0 aliphatic heterocycles. The van der Waals surface area contributed by atoms with Gasteiger partial charge in [0.15, 0.2) is 0 Å². The predicted octanol–water partition coefficient (Wildman–Crippen LogP) is 1.58. The van der Waals surface area contributed by atoms with Crippen molar-refractivity contribution in [3.05, 3.63) is 22.2 Å². The van der Waals surface area contributed by atoms with Crippen molar-refractivity contribution in [2.24, 2.45) is 0 Å². The first-order valence-electron chi connectivity index (χ1n) is 3.42. The molecule has 0 radical (unpaired) electrons. The van der Waals surface area contributed by atoms with E-state index in [1.54, 1.807) is 0 Å². The molecule has 0 aliphatic rings. The zero-order valence-corrected chi connectivity index (χ0v) is 9.06. The first kappa shape index (κ1) is 13.0. The summed E-state index contributed by atoms with van der Waals surface area (Å²) in [5, 5.41) is -0.371. The summed E-state index contributed by atoms with van der Waals surface area (Å²) in [6.45, 7) is 0. The molecule has 78 valence electrons. The number of halogens is 2. The maximum absolute atomic E-state index is 10.8. The monoisotopic (exact) mass is 238 g/mol. The Balaban J connectivity index is 4.53. The van der Waals surface area contributed by atoms with Gasteiger partial charge in [0.25, 0.3) is 0 Å². The van der Waals surface area contributed by atoms with Gasteiger partial charge in [-0.1, -0.05) is 23.2 Å². The molecule has 0 N–H and O–H groups in total. The van der Waals surface area contributed by atoms with Crippen LogP contribution in [0.3, 0.4) is 0 Å². The fourth-order valence-corrected chi connectivity index (χ4v) is 0.758. The molecule has 0 spiro atoms. The standard InChI is InChI=1S/C8H8Cl2O4/c1-13-7(11)5(9)3-4-6(10)8(12)14-2/h3-4H,1-2H3. The average molecular weight is 239 g/mol. The third kappa shape index (κ3) is 4.30. The smallest absolute Gasteiger partial charge is 0.349 e. The van der Waals surface area contributed by atoms with E-state index in [0.717, 1.165) is 12.2 Å². The zero-order chi connectivity index (χ0) is 11.1. The van der Waals surface area contributed by atoms with Gasteiger partial charge in [-0.05, 0) is 12.2 Å². The highest BCUT2D eigenvalue weighted by Gasteiger charge is 2.07. The van der Waals surface area contributed by atoms with Crippen molar-refractivity contribution in [2.75, 3.05) is 14.2 Å². The Morgan fingerprint density at radius 3 is 1.43 bits per heavy atom. The Morgan fingerprint density at radius 1 is 0.929 bits per heavy atom. The number of carbonyl (C=O) groups excluding carboxylic acids is 2. The molecule has 0 amide bonds. The van der Waals surface area contributed by atoms with Gasteiger partial charge in [-0.15, -0.1) is 0 Å². The van der Waals surface area contributed by atoms with Gasteiger partial charge >= 0.3 is 11.9 Å². The van der Waals surface area contributed by atoms with E-state index in [9.17, 15) is 9.59 Å². The lowest BCUT2D eigenvalue weighted by atomic mass is 10.4. The molecule has 0 aromatic rings. The SMILES string of the molecule is COC(=O)C(Cl)=CC=C(Cl)C(=O)OC. The molecule has 0 bridgehead atoms. The Labute approximate surface area is 91.1 Å². The fraction of sp³-hybridized carbons (Fsp3) is 0.250. The van der Waals surface area contributed by atoms with Gasteiger partial charge in [-0.25, -0.2) is 9.59 Å².